The molecule has 1 aromatic heterocycles. The van der Waals surface area contributed by atoms with Gasteiger partial charge in [-0.2, -0.15) is 0 Å². The molecule has 8 heteroatoms. The highest BCUT2D eigenvalue weighted by Gasteiger charge is 2.55. The molecule has 1 fully saturated rings. The molecule has 0 aliphatic carbocycles. The fraction of sp³-hybridized carbons (Fsp3) is 0.400. The second kappa shape index (κ2) is 4.95. The predicted octanol–water partition coefficient (Wildman–Crippen LogP) is -0.314. The van der Waals surface area contributed by atoms with Gasteiger partial charge in [-0.15, -0.1) is 0 Å². The normalized spacial score (nSPS) is 24.7. The summed E-state index contributed by atoms with van der Waals surface area (Å²) < 4.78 is 14.0. The molecule has 0 bridgehead atoms. The molecule has 2 aliphatic rings. The molecule has 0 saturated carbocycles. The molecular weight excluding hydrogens is 302 g/mol. The highest BCUT2D eigenvalue weighted by atomic mass is 16.6. The van der Waals surface area contributed by atoms with Crippen LogP contribution in [0.15, 0.2) is 39.9 Å². The van der Waals surface area contributed by atoms with Crippen LogP contribution < -0.4 is 11.4 Å². The fourth-order valence-electron chi connectivity index (χ4n) is 3.08. The van der Waals surface area contributed by atoms with Crippen molar-refractivity contribution in [3.63, 3.8) is 0 Å². The van der Waals surface area contributed by atoms with E-state index in [-0.39, 0.29) is 19.3 Å². The lowest BCUT2D eigenvalue weighted by atomic mass is 10.1. The maximum atomic E-state index is 12.8. The van der Waals surface area contributed by atoms with E-state index >= 15 is 0 Å². The van der Waals surface area contributed by atoms with Crippen LogP contribution in [0, 0.1) is 0 Å². The molecule has 0 spiro atoms. The Hall–Kier alpha value is -2.61. The Morgan fingerprint density at radius 1 is 1.26 bits per heavy atom. The number of carbonyl (C=O) groups is 1. The Balaban J connectivity index is 1.90. The number of esters is 1. The number of fused-ring (bicyclic) bond motifs is 2. The third-order valence-corrected chi connectivity index (χ3v) is 4.15. The monoisotopic (exact) mass is 317 g/mol. The molecule has 1 saturated heterocycles. The van der Waals surface area contributed by atoms with Crippen molar-refractivity contribution in [1.82, 2.24) is 13.9 Å². The van der Waals surface area contributed by atoms with E-state index in [4.69, 9.17) is 9.47 Å². The molecule has 4 rings (SSSR count). The minimum Gasteiger partial charge on any atom is -0.464 e. The summed E-state index contributed by atoms with van der Waals surface area (Å²) in [7, 11) is 0. The molecule has 0 radical (unpaired) electrons. The van der Waals surface area contributed by atoms with E-state index in [0.29, 0.717) is 5.69 Å². The lowest BCUT2D eigenvalue weighted by Crippen LogP contribution is -2.43. The molecule has 3 atom stereocenters. The second-order valence-corrected chi connectivity index (χ2v) is 5.50. The summed E-state index contributed by atoms with van der Waals surface area (Å²) in [6.07, 6.45) is -0.633. The third-order valence-electron chi connectivity index (χ3n) is 4.15. The van der Waals surface area contributed by atoms with Gasteiger partial charge in [0.05, 0.1) is 18.8 Å². The van der Waals surface area contributed by atoms with E-state index in [2.05, 4.69) is 0 Å². The molecule has 3 heterocycles. The molecule has 2 aromatic rings. The maximum absolute atomic E-state index is 12.8. The number of carbonyl (C=O) groups excluding carboxylic acids is 1. The smallest absolute Gasteiger partial charge is 0.352 e. The molecule has 1 aromatic carbocycles. The lowest BCUT2D eigenvalue weighted by Gasteiger charge is -2.20. The van der Waals surface area contributed by atoms with Gasteiger partial charge >= 0.3 is 17.3 Å². The van der Waals surface area contributed by atoms with Gasteiger partial charge < -0.3 is 9.47 Å². The standard InChI is InChI=1S/C15H15N3O5/c1-2-22-13(19)11-12-10(23-12)8-16-14(20)17(15(21)18(11)16)9-6-4-3-5-7-9/h3-7,10-12H,2,8H2,1H3/t10-,11-,12-/m0/s1. The highest BCUT2D eigenvalue weighted by Crippen LogP contribution is 2.37. The van der Waals surface area contributed by atoms with Gasteiger partial charge in [-0.25, -0.2) is 28.3 Å². The van der Waals surface area contributed by atoms with Crippen LogP contribution in [0.25, 0.3) is 5.69 Å². The second-order valence-electron chi connectivity index (χ2n) is 5.50. The van der Waals surface area contributed by atoms with E-state index < -0.39 is 29.5 Å². The predicted molar refractivity (Wildman–Crippen MR) is 78.6 cm³/mol. The van der Waals surface area contributed by atoms with Crippen LogP contribution in [0.3, 0.4) is 0 Å². The summed E-state index contributed by atoms with van der Waals surface area (Å²) in [4.78, 5) is 37.6. The first-order chi connectivity index (χ1) is 11.1. The molecule has 8 nitrogen and oxygen atoms in total. The maximum Gasteiger partial charge on any atom is 0.352 e. The zero-order chi connectivity index (χ0) is 16.1. The summed E-state index contributed by atoms with van der Waals surface area (Å²) in [5, 5.41) is 0. The minimum absolute atomic E-state index is 0.200. The van der Waals surface area contributed by atoms with Gasteiger partial charge in [0.25, 0.3) is 0 Å². The van der Waals surface area contributed by atoms with E-state index in [1.807, 2.05) is 0 Å². The van der Waals surface area contributed by atoms with Crippen LogP contribution in [0.4, 0.5) is 0 Å². The number of para-hydroxylation sites is 1. The molecule has 23 heavy (non-hydrogen) atoms. The number of hydrogen-bond donors (Lipinski definition) is 0. The number of ether oxygens (including phenoxy) is 2. The van der Waals surface area contributed by atoms with Gasteiger partial charge in [0.1, 0.15) is 12.2 Å². The first-order valence-electron chi connectivity index (χ1n) is 7.45. The van der Waals surface area contributed by atoms with E-state index in [1.54, 1.807) is 37.3 Å². The Morgan fingerprint density at radius 2 is 2.00 bits per heavy atom. The molecular formula is C15H15N3O5. The Kier molecular flexibility index (Phi) is 3.02. The van der Waals surface area contributed by atoms with Crippen molar-refractivity contribution in [3.05, 3.63) is 51.3 Å². The summed E-state index contributed by atoms with van der Waals surface area (Å²) >= 11 is 0. The van der Waals surface area contributed by atoms with Crippen LogP contribution in [-0.4, -0.2) is 38.7 Å². The molecule has 2 aliphatic heterocycles. The number of epoxide rings is 1. The lowest BCUT2D eigenvalue weighted by molar-refractivity contribution is -0.148. The Morgan fingerprint density at radius 3 is 2.70 bits per heavy atom. The van der Waals surface area contributed by atoms with Crippen LogP contribution in [0.1, 0.15) is 13.0 Å². The van der Waals surface area contributed by atoms with Crippen LogP contribution in [-0.2, 0) is 20.8 Å². The molecule has 0 N–H and O–H groups in total. The zero-order valence-electron chi connectivity index (χ0n) is 12.4. The average Bonchev–Trinajstić information content (AvgIpc) is 3.28. The van der Waals surface area contributed by atoms with Gasteiger partial charge in [-0.1, -0.05) is 18.2 Å². The van der Waals surface area contributed by atoms with Crippen molar-refractivity contribution < 1.29 is 14.3 Å². The van der Waals surface area contributed by atoms with Crippen molar-refractivity contribution in [2.45, 2.75) is 31.7 Å². The number of hydrogen-bond acceptors (Lipinski definition) is 5. The number of aromatic nitrogens is 3. The topological polar surface area (TPSA) is 87.8 Å². The average molecular weight is 317 g/mol. The summed E-state index contributed by atoms with van der Waals surface area (Å²) in [5.41, 5.74) is -0.577. The van der Waals surface area contributed by atoms with Crippen molar-refractivity contribution >= 4 is 5.97 Å². The molecule has 120 valence electrons. The van der Waals surface area contributed by atoms with Gasteiger partial charge in [0.15, 0.2) is 6.04 Å². The van der Waals surface area contributed by atoms with Crippen LogP contribution >= 0.6 is 0 Å². The van der Waals surface area contributed by atoms with E-state index in [0.717, 1.165) is 4.57 Å². The van der Waals surface area contributed by atoms with Crippen LogP contribution in [0.2, 0.25) is 0 Å². The third kappa shape index (κ3) is 1.98. The highest BCUT2D eigenvalue weighted by molar-refractivity contribution is 5.75. The number of nitrogens with zero attached hydrogens (tertiary/aromatic N) is 3. The van der Waals surface area contributed by atoms with Crippen molar-refractivity contribution in [1.29, 1.82) is 0 Å². The quantitative estimate of drug-likeness (QED) is 0.572. The SMILES string of the molecule is CCOC(=O)[C@@H]1[C@H]2O[C@H]2Cn2c(=O)n(-c3ccccc3)c(=O)n21. The van der Waals surface area contributed by atoms with E-state index in [9.17, 15) is 14.4 Å². The molecule has 0 amide bonds. The Bertz CT molecular complexity index is 879. The van der Waals surface area contributed by atoms with E-state index in [1.165, 1.54) is 9.36 Å². The van der Waals surface area contributed by atoms with Crippen molar-refractivity contribution in [3.8, 4) is 5.69 Å². The van der Waals surface area contributed by atoms with Crippen LogP contribution in [0.5, 0.6) is 0 Å². The zero-order valence-corrected chi connectivity index (χ0v) is 12.4. The molecule has 0 unspecified atom stereocenters. The summed E-state index contributed by atoms with van der Waals surface area (Å²) in [5.74, 6) is -0.555. The van der Waals surface area contributed by atoms with Crippen molar-refractivity contribution in [2.24, 2.45) is 0 Å². The van der Waals surface area contributed by atoms with Crippen molar-refractivity contribution in [2.75, 3.05) is 6.61 Å². The summed E-state index contributed by atoms with van der Waals surface area (Å²) in [6.45, 7) is 2.15. The van der Waals surface area contributed by atoms with Gasteiger partial charge in [-0.3, -0.25) is 0 Å². The van der Waals surface area contributed by atoms with Gasteiger partial charge in [0.2, 0.25) is 0 Å². The van der Waals surface area contributed by atoms with Gasteiger partial charge in [-0.05, 0) is 19.1 Å². The fourth-order valence-corrected chi connectivity index (χ4v) is 3.08. The first-order valence-corrected chi connectivity index (χ1v) is 7.45. The largest absolute Gasteiger partial charge is 0.464 e. The number of benzene rings is 1. The minimum atomic E-state index is -0.918. The first kappa shape index (κ1) is 14.0. The number of rotatable bonds is 3. The van der Waals surface area contributed by atoms with Gasteiger partial charge in [0, 0.05) is 0 Å². The summed E-state index contributed by atoms with van der Waals surface area (Å²) in [6, 6.07) is 7.71. The Labute approximate surface area is 130 Å².